The molecule has 0 aliphatic heterocycles. The van der Waals surface area contributed by atoms with E-state index in [1.807, 2.05) is 37.3 Å². The molecular weight excluding hydrogens is 330 g/mol. The van der Waals surface area contributed by atoms with Crippen LogP contribution in [-0.2, 0) is 16.6 Å². The zero-order chi connectivity index (χ0) is 16.4. The van der Waals surface area contributed by atoms with E-state index in [4.69, 9.17) is 11.6 Å². The molecule has 0 heterocycles. The zero-order valence-corrected chi connectivity index (χ0v) is 14.6. The number of halogens is 1. The van der Waals surface area contributed by atoms with Crippen molar-refractivity contribution in [3.63, 3.8) is 0 Å². The summed E-state index contributed by atoms with van der Waals surface area (Å²) < 4.78 is 27.9. The van der Waals surface area contributed by atoms with E-state index < -0.39 is 10.0 Å². The standard InChI is InChI=1S/C18H20ClNO2S/c1-14(16-11-12-16)20(13-15-7-3-2-4-8-15)23(21,22)18-10-6-5-9-17(18)19/h2-10,14,16H,11-13H2,1H3. The molecule has 122 valence electrons. The average molecular weight is 350 g/mol. The Morgan fingerprint density at radius 2 is 1.70 bits per heavy atom. The maximum atomic E-state index is 13.2. The summed E-state index contributed by atoms with van der Waals surface area (Å²) in [5, 5.41) is 0.272. The van der Waals surface area contributed by atoms with Crippen molar-refractivity contribution >= 4 is 21.6 Å². The Hall–Kier alpha value is -1.36. The Morgan fingerprint density at radius 1 is 1.09 bits per heavy atom. The van der Waals surface area contributed by atoms with Gasteiger partial charge in [0.05, 0.1) is 5.02 Å². The maximum Gasteiger partial charge on any atom is 0.245 e. The van der Waals surface area contributed by atoms with Gasteiger partial charge in [-0.25, -0.2) is 8.42 Å². The van der Waals surface area contributed by atoms with E-state index in [0.717, 1.165) is 18.4 Å². The van der Waals surface area contributed by atoms with Gasteiger partial charge in [-0.15, -0.1) is 0 Å². The molecule has 5 heteroatoms. The second-order valence-electron chi connectivity index (χ2n) is 6.04. The zero-order valence-electron chi connectivity index (χ0n) is 13.0. The Kier molecular flexibility index (Phi) is 4.76. The highest BCUT2D eigenvalue weighted by atomic mass is 35.5. The molecule has 1 fully saturated rings. The van der Waals surface area contributed by atoms with Crippen LogP contribution in [0.2, 0.25) is 5.02 Å². The quantitative estimate of drug-likeness (QED) is 0.778. The van der Waals surface area contributed by atoms with Gasteiger partial charge >= 0.3 is 0 Å². The summed E-state index contributed by atoms with van der Waals surface area (Å²) in [5.74, 6) is 0.441. The summed E-state index contributed by atoms with van der Waals surface area (Å²) in [4.78, 5) is 0.185. The van der Waals surface area contributed by atoms with Crippen LogP contribution < -0.4 is 0 Å². The summed E-state index contributed by atoms with van der Waals surface area (Å²) >= 11 is 6.15. The minimum Gasteiger partial charge on any atom is -0.207 e. The highest BCUT2D eigenvalue weighted by Crippen LogP contribution is 2.38. The lowest BCUT2D eigenvalue weighted by Gasteiger charge is -2.29. The van der Waals surface area contributed by atoms with Crippen LogP contribution in [0.3, 0.4) is 0 Å². The van der Waals surface area contributed by atoms with Crippen LogP contribution in [-0.4, -0.2) is 18.8 Å². The first kappa shape index (κ1) is 16.5. The van der Waals surface area contributed by atoms with E-state index in [2.05, 4.69) is 0 Å². The van der Waals surface area contributed by atoms with Gasteiger partial charge in [0, 0.05) is 12.6 Å². The first-order valence-electron chi connectivity index (χ1n) is 7.80. The summed E-state index contributed by atoms with van der Waals surface area (Å²) in [6.45, 7) is 2.36. The predicted molar refractivity (Wildman–Crippen MR) is 92.8 cm³/mol. The molecule has 0 spiro atoms. The van der Waals surface area contributed by atoms with Crippen LogP contribution in [0, 0.1) is 5.92 Å². The van der Waals surface area contributed by atoms with Crippen molar-refractivity contribution in [2.24, 2.45) is 5.92 Å². The molecule has 0 N–H and O–H groups in total. The minimum absolute atomic E-state index is 0.0310. The lowest BCUT2D eigenvalue weighted by molar-refractivity contribution is 0.303. The molecule has 0 aromatic heterocycles. The number of hydrogen-bond acceptors (Lipinski definition) is 2. The first-order chi connectivity index (χ1) is 11.0. The van der Waals surface area contributed by atoms with Crippen LogP contribution in [0.4, 0.5) is 0 Å². The fraction of sp³-hybridized carbons (Fsp3) is 0.333. The van der Waals surface area contributed by atoms with Crippen molar-refractivity contribution in [3.05, 3.63) is 65.2 Å². The molecule has 0 amide bonds. The largest absolute Gasteiger partial charge is 0.245 e. The fourth-order valence-electron chi connectivity index (χ4n) is 2.81. The number of hydrogen-bond donors (Lipinski definition) is 0. The molecule has 0 radical (unpaired) electrons. The molecule has 0 saturated heterocycles. The van der Waals surface area contributed by atoms with Gasteiger partial charge in [0.2, 0.25) is 10.0 Å². The van der Waals surface area contributed by atoms with E-state index in [1.165, 1.54) is 0 Å². The Morgan fingerprint density at radius 3 is 2.30 bits per heavy atom. The highest BCUT2D eigenvalue weighted by Gasteiger charge is 2.38. The normalized spacial score (nSPS) is 16.5. The first-order valence-corrected chi connectivity index (χ1v) is 9.62. The van der Waals surface area contributed by atoms with Crippen LogP contribution in [0.1, 0.15) is 25.3 Å². The molecule has 0 bridgehead atoms. The van der Waals surface area contributed by atoms with Gasteiger partial charge in [0.25, 0.3) is 0 Å². The van der Waals surface area contributed by atoms with E-state index in [9.17, 15) is 8.42 Å². The van der Waals surface area contributed by atoms with E-state index in [1.54, 1.807) is 28.6 Å². The number of rotatable bonds is 6. The van der Waals surface area contributed by atoms with E-state index in [0.29, 0.717) is 12.5 Å². The molecule has 1 aliphatic carbocycles. The van der Waals surface area contributed by atoms with Crippen LogP contribution in [0.15, 0.2) is 59.5 Å². The molecule has 3 rings (SSSR count). The van der Waals surface area contributed by atoms with Crippen molar-refractivity contribution in [2.75, 3.05) is 0 Å². The molecule has 1 atom stereocenters. The van der Waals surface area contributed by atoms with Gasteiger partial charge in [-0.3, -0.25) is 0 Å². The predicted octanol–water partition coefficient (Wildman–Crippen LogP) is 4.33. The lowest BCUT2D eigenvalue weighted by atomic mass is 10.2. The average Bonchev–Trinajstić information content (AvgIpc) is 3.38. The van der Waals surface area contributed by atoms with Crippen molar-refractivity contribution in [1.29, 1.82) is 0 Å². The molecule has 2 aromatic rings. The van der Waals surface area contributed by atoms with Crippen molar-refractivity contribution in [2.45, 2.75) is 37.2 Å². The topological polar surface area (TPSA) is 37.4 Å². The van der Waals surface area contributed by atoms with Gasteiger partial charge in [-0.05, 0) is 43.4 Å². The lowest BCUT2D eigenvalue weighted by Crippen LogP contribution is -2.39. The second-order valence-corrected chi connectivity index (χ2v) is 8.31. The van der Waals surface area contributed by atoms with Crippen molar-refractivity contribution in [3.8, 4) is 0 Å². The molecule has 1 saturated carbocycles. The molecule has 3 nitrogen and oxygen atoms in total. The van der Waals surface area contributed by atoms with Crippen molar-refractivity contribution in [1.82, 2.24) is 4.31 Å². The third-order valence-corrected chi connectivity index (χ3v) is 6.80. The van der Waals surface area contributed by atoms with Crippen LogP contribution >= 0.6 is 11.6 Å². The second kappa shape index (κ2) is 6.63. The molecule has 23 heavy (non-hydrogen) atoms. The summed E-state index contributed by atoms with van der Waals surface area (Å²) in [5.41, 5.74) is 0.982. The third-order valence-electron chi connectivity index (χ3n) is 4.36. The van der Waals surface area contributed by atoms with Crippen LogP contribution in [0.25, 0.3) is 0 Å². The molecule has 1 aliphatic rings. The van der Waals surface area contributed by atoms with Gasteiger partial charge in [-0.2, -0.15) is 4.31 Å². The number of sulfonamides is 1. The maximum absolute atomic E-state index is 13.2. The molecular formula is C18H20ClNO2S. The number of benzene rings is 2. The van der Waals surface area contributed by atoms with Gasteiger partial charge in [0.15, 0.2) is 0 Å². The SMILES string of the molecule is CC(C1CC1)N(Cc1ccccc1)S(=O)(=O)c1ccccc1Cl. The smallest absolute Gasteiger partial charge is 0.207 e. The Labute approximate surface area is 142 Å². The third kappa shape index (κ3) is 3.60. The van der Waals surface area contributed by atoms with Gasteiger partial charge < -0.3 is 0 Å². The molecule has 1 unspecified atom stereocenters. The minimum atomic E-state index is -3.63. The van der Waals surface area contributed by atoms with Gasteiger partial charge in [0.1, 0.15) is 4.90 Å². The monoisotopic (exact) mass is 349 g/mol. The fourth-order valence-corrected chi connectivity index (χ4v) is 4.98. The Balaban J connectivity index is 1.98. The Bertz CT molecular complexity index is 773. The van der Waals surface area contributed by atoms with E-state index >= 15 is 0 Å². The van der Waals surface area contributed by atoms with Crippen molar-refractivity contribution < 1.29 is 8.42 Å². The van der Waals surface area contributed by atoms with Gasteiger partial charge in [-0.1, -0.05) is 54.1 Å². The summed E-state index contributed by atoms with van der Waals surface area (Å²) in [7, 11) is -3.63. The summed E-state index contributed by atoms with van der Waals surface area (Å²) in [6, 6.07) is 16.3. The molecule has 2 aromatic carbocycles. The van der Waals surface area contributed by atoms with E-state index in [-0.39, 0.29) is 16.0 Å². The number of nitrogens with zero attached hydrogens (tertiary/aromatic N) is 1. The highest BCUT2D eigenvalue weighted by molar-refractivity contribution is 7.89. The summed E-state index contributed by atoms with van der Waals surface area (Å²) in [6.07, 6.45) is 2.18. The van der Waals surface area contributed by atoms with Crippen LogP contribution in [0.5, 0.6) is 0 Å².